The van der Waals surface area contributed by atoms with Crippen molar-refractivity contribution < 1.29 is 22.7 Å². The summed E-state index contributed by atoms with van der Waals surface area (Å²) in [6, 6.07) is 7.15. The Kier molecular flexibility index (Phi) is 5.66. The normalized spacial score (nSPS) is 11.0. The molecule has 0 aliphatic heterocycles. The SMILES string of the molecule is CC(=O)c1nc(C)c(Oc2ccc(-n3ncn(Cc4c(F)cccc4F)c3=O)cc2F)s1. The molecule has 0 radical (unpaired) electrons. The van der Waals surface area contributed by atoms with Gasteiger partial charge in [0.1, 0.15) is 18.0 Å². The first kappa shape index (κ1) is 21.5. The average molecular weight is 460 g/mol. The molecule has 0 bridgehead atoms. The van der Waals surface area contributed by atoms with Gasteiger partial charge in [-0.1, -0.05) is 17.4 Å². The summed E-state index contributed by atoms with van der Waals surface area (Å²) in [6.45, 7) is 2.63. The molecule has 32 heavy (non-hydrogen) atoms. The van der Waals surface area contributed by atoms with Crippen LogP contribution in [-0.2, 0) is 6.54 Å². The number of carbonyl (C=O) groups is 1. The quantitative estimate of drug-likeness (QED) is 0.402. The van der Waals surface area contributed by atoms with Gasteiger partial charge in [-0.15, -0.1) is 0 Å². The van der Waals surface area contributed by atoms with Crippen molar-refractivity contribution >= 4 is 17.1 Å². The van der Waals surface area contributed by atoms with Gasteiger partial charge in [0.2, 0.25) is 5.06 Å². The van der Waals surface area contributed by atoms with Gasteiger partial charge in [-0.3, -0.25) is 9.36 Å². The lowest BCUT2D eigenvalue weighted by Gasteiger charge is -2.07. The van der Waals surface area contributed by atoms with Crippen molar-refractivity contribution in [2.75, 3.05) is 0 Å². The number of carbonyl (C=O) groups excluding carboxylic acids is 1. The molecule has 7 nitrogen and oxygen atoms in total. The lowest BCUT2D eigenvalue weighted by molar-refractivity contribution is 0.101. The van der Waals surface area contributed by atoms with Crippen molar-refractivity contribution in [2.45, 2.75) is 20.4 Å². The van der Waals surface area contributed by atoms with E-state index < -0.39 is 23.1 Å². The first-order valence-electron chi connectivity index (χ1n) is 9.28. The Morgan fingerprint density at radius 1 is 1.12 bits per heavy atom. The van der Waals surface area contributed by atoms with E-state index in [9.17, 15) is 22.8 Å². The Bertz CT molecular complexity index is 1370. The standard InChI is InChI=1S/C21H15F3N4O3S/c1-11-20(32-19(26-11)12(2)29)31-18-7-6-13(8-17(18)24)28-21(30)27(10-25-28)9-14-15(22)4-3-5-16(14)23/h3-8,10H,9H2,1-2H3. The molecule has 0 atom stereocenters. The lowest BCUT2D eigenvalue weighted by atomic mass is 10.2. The van der Waals surface area contributed by atoms with Crippen LogP contribution in [0.2, 0.25) is 0 Å². The fourth-order valence-corrected chi connectivity index (χ4v) is 3.73. The number of benzene rings is 2. The van der Waals surface area contributed by atoms with E-state index in [1.807, 2.05) is 0 Å². The molecule has 2 aromatic carbocycles. The number of nitrogens with zero attached hydrogens (tertiary/aromatic N) is 4. The van der Waals surface area contributed by atoms with Crippen LogP contribution >= 0.6 is 11.3 Å². The minimum absolute atomic E-state index is 0.0954. The zero-order chi connectivity index (χ0) is 23.0. The maximum Gasteiger partial charge on any atom is 0.350 e. The Labute approximate surface area is 183 Å². The zero-order valence-electron chi connectivity index (χ0n) is 16.8. The van der Waals surface area contributed by atoms with Crippen LogP contribution in [0.1, 0.15) is 28.0 Å². The predicted molar refractivity (Wildman–Crippen MR) is 110 cm³/mol. The van der Waals surface area contributed by atoms with E-state index in [1.54, 1.807) is 6.92 Å². The summed E-state index contributed by atoms with van der Waals surface area (Å²) in [5.74, 6) is -2.71. The highest BCUT2D eigenvalue weighted by atomic mass is 32.1. The third-order valence-corrected chi connectivity index (χ3v) is 5.68. The molecule has 4 rings (SSSR count). The molecule has 0 aliphatic rings. The van der Waals surface area contributed by atoms with Crippen LogP contribution in [0, 0.1) is 24.4 Å². The molecule has 2 heterocycles. The molecule has 164 valence electrons. The fraction of sp³-hybridized carbons (Fsp3) is 0.143. The van der Waals surface area contributed by atoms with Crippen molar-refractivity contribution in [2.24, 2.45) is 0 Å². The highest BCUT2D eigenvalue weighted by Gasteiger charge is 2.17. The Morgan fingerprint density at radius 3 is 2.47 bits per heavy atom. The minimum Gasteiger partial charge on any atom is -0.442 e. The number of aromatic nitrogens is 4. The molecule has 0 saturated heterocycles. The van der Waals surface area contributed by atoms with Crippen LogP contribution in [0.3, 0.4) is 0 Å². The van der Waals surface area contributed by atoms with Crippen molar-refractivity contribution in [3.05, 3.63) is 86.9 Å². The van der Waals surface area contributed by atoms with E-state index in [2.05, 4.69) is 10.1 Å². The van der Waals surface area contributed by atoms with Crippen molar-refractivity contribution in [1.29, 1.82) is 0 Å². The second-order valence-electron chi connectivity index (χ2n) is 6.82. The number of Topliss-reactive ketones (excluding diaryl/α,β-unsaturated/α-hetero) is 1. The van der Waals surface area contributed by atoms with E-state index in [0.717, 1.165) is 45.1 Å². The summed E-state index contributed by atoms with van der Waals surface area (Å²) in [5.41, 5.74) is -0.448. The third kappa shape index (κ3) is 4.06. The number of rotatable bonds is 6. The first-order valence-corrected chi connectivity index (χ1v) is 10.1. The smallest absolute Gasteiger partial charge is 0.350 e. The van der Waals surface area contributed by atoms with Crippen LogP contribution in [-0.4, -0.2) is 25.1 Å². The Hall–Kier alpha value is -3.73. The van der Waals surface area contributed by atoms with Gasteiger partial charge in [-0.05, 0) is 31.2 Å². The van der Waals surface area contributed by atoms with Crippen LogP contribution < -0.4 is 10.4 Å². The first-order chi connectivity index (χ1) is 15.2. The lowest BCUT2D eigenvalue weighted by Crippen LogP contribution is -2.24. The van der Waals surface area contributed by atoms with Crippen molar-refractivity contribution in [3.63, 3.8) is 0 Å². The molecule has 11 heteroatoms. The van der Waals surface area contributed by atoms with Gasteiger partial charge >= 0.3 is 5.69 Å². The van der Waals surface area contributed by atoms with E-state index in [-0.39, 0.29) is 39.4 Å². The van der Waals surface area contributed by atoms with Gasteiger partial charge in [-0.25, -0.2) is 22.9 Å². The summed E-state index contributed by atoms with van der Waals surface area (Å²) in [7, 11) is 0. The molecule has 4 aromatic rings. The molecule has 0 aliphatic carbocycles. The maximum absolute atomic E-state index is 14.7. The van der Waals surface area contributed by atoms with E-state index in [1.165, 1.54) is 25.1 Å². The second kappa shape index (κ2) is 8.42. The second-order valence-corrected chi connectivity index (χ2v) is 7.78. The molecular formula is C21H15F3N4O3S. The summed E-state index contributed by atoms with van der Waals surface area (Å²) >= 11 is 0.999. The summed E-state index contributed by atoms with van der Waals surface area (Å²) in [6.07, 6.45) is 1.11. The van der Waals surface area contributed by atoms with Crippen molar-refractivity contribution in [3.8, 4) is 16.5 Å². The Morgan fingerprint density at radius 2 is 1.84 bits per heavy atom. The van der Waals surface area contributed by atoms with E-state index in [0.29, 0.717) is 5.69 Å². The number of aryl methyl sites for hydroxylation is 1. The molecule has 2 aromatic heterocycles. The van der Waals surface area contributed by atoms with Crippen LogP contribution in [0.4, 0.5) is 13.2 Å². The highest BCUT2D eigenvalue weighted by Crippen LogP contribution is 2.33. The molecule has 0 unspecified atom stereocenters. The van der Waals surface area contributed by atoms with Gasteiger partial charge in [0, 0.05) is 18.6 Å². The number of halogens is 3. The summed E-state index contributed by atoms with van der Waals surface area (Å²) in [5, 5.41) is 4.42. The van der Waals surface area contributed by atoms with E-state index in [4.69, 9.17) is 4.74 Å². The van der Waals surface area contributed by atoms with Crippen molar-refractivity contribution in [1.82, 2.24) is 19.3 Å². The zero-order valence-corrected chi connectivity index (χ0v) is 17.6. The predicted octanol–water partition coefficient (Wildman–Crippen LogP) is 4.26. The number of ether oxygens (including phenoxy) is 1. The molecular weight excluding hydrogens is 445 g/mol. The number of thiazole rings is 1. The largest absolute Gasteiger partial charge is 0.442 e. The Balaban J connectivity index is 1.60. The molecule has 0 fully saturated rings. The minimum atomic E-state index is -0.788. The van der Waals surface area contributed by atoms with Crippen LogP contribution in [0.5, 0.6) is 10.8 Å². The molecule has 0 amide bonds. The highest BCUT2D eigenvalue weighted by molar-refractivity contribution is 7.15. The van der Waals surface area contributed by atoms with Gasteiger partial charge in [0.05, 0.1) is 17.9 Å². The number of hydrogen-bond donors (Lipinski definition) is 0. The molecule has 0 saturated carbocycles. The van der Waals surface area contributed by atoms with E-state index >= 15 is 0 Å². The number of hydrogen-bond acceptors (Lipinski definition) is 6. The maximum atomic E-state index is 14.7. The van der Waals surface area contributed by atoms with Crippen LogP contribution in [0.15, 0.2) is 47.5 Å². The van der Waals surface area contributed by atoms with Gasteiger partial charge in [0.15, 0.2) is 22.4 Å². The average Bonchev–Trinajstić information content (AvgIpc) is 3.29. The number of ketones is 1. The fourth-order valence-electron chi connectivity index (χ4n) is 2.91. The summed E-state index contributed by atoms with van der Waals surface area (Å²) in [4.78, 5) is 28.1. The molecule has 0 spiro atoms. The third-order valence-electron chi connectivity index (χ3n) is 4.54. The van der Waals surface area contributed by atoms with Crippen LogP contribution in [0.25, 0.3) is 5.69 Å². The monoisotopic (exact) mass is 460 g/mol. The van der Waals surface area contributed by atoms with Gasteiger partial charge in [-0.2, -0.15) is 9.78 Å². The topological polar surface area (TPSA) is 79.0 Å². The van der Waals surface area contributed by atoms with Gasteiger partial charge < -0.3 is 4.74 Å². The summed E-state index contributed by atoms with van der Waals surface area (Å²) < 4.78 is 49.9. The van der Waals surface area contributed by atoms with Gasteiger partial charge in [0.25, 0.3) is 0 Å². The molecule has 0 N–H and O–H groups in total.